The highest BCUT2D eigenvalue weighted by Gasteiger charge is 2.13. The first-order valence-corrected chi connectivity index (χ1v) is 2.17. The SMILES string of the molecule is C=C1CCC(=O)O1. The highest BCUT2D eigenvalue weighted by Crippen LogP contribution is 2.13. The Morgan fingerprint density at radius 3 is 2.43 bits per heavy atom. The van der Waals surface area contributed by atoms with Crippen LogP contribution < -0.4 is 0 Å². The van der Waals surface area contributed by atoms with Gasteiger partial charge in [-0.25, -0.2) is 0 Å². The van der Waals surface area contributed by atoms with Crippen LogP contribution in [0.1, 0.15) is 12.8 Å². The predicted molar refractivity (Wildman–Crippen MR) is 24.5 cm³/mol. The van der Waals surface area contributed by atoms with E-state index in [9.17, 15) is 4.79 Å². The summed E-state index contributed by atoms with van der Waals surface area (Å²) in [5, 5.41) is 0. The second-order valence-electron chi connectivity index (χ2n) is 1.51. The molecule has 0 unspecified atom stereocenters. The van der Waals surface area contributed by atoms with Gasteiger partial charge in [-0.2, -0.15) is 0 Å². The van der Waals surface area contributed by atoms with Gasteiger partial charge in [-0.15, -0.1) is 0 Å². The lowest BCUT2D eigenvalue weighted by molar-refractivity contribution is -0.135. The fourth-order valence-electron chi connectivity index (χ4n) is 0.505. The smallest absolute Gasteiger partial charge is 0.311 e. The maximum atomic E-state index is 10.2. The normalized spacial score (nSPS) is 20.0. The van der Waals surface area contributed by atoms with Crippen LogP contribution in [0, 0.1) is 0 Å². The van der Waals surface area contributed by atoms with Gasteiger partial charge in [0.2, 0.25) is 0 Å². The Morgan fingerprint density at radius 1 is 1.57 bits per heavy atom. The average molecular weight is 98.1 g/mol. The number of rotatable bonds is 0. The molecule has 1 heterocycles. The standard InChI is InChI=1S/C5H6O2/c1-4-2-3-5(6)7-4/h1-3H2. The zero-order valence-electron chi connectivity index (χ0n) is 3.94. The summed E-state index contributed by atoms with van der Waals surface area (Å²) < 4.78 is 4.53. The molecule has 1 aliphatic rings. The molecular formula is C5H6O2. The summed E-state index contributed by atoms with van der Waals surface area (Å²) >= 11 is 0. The molecule has 0 atom stereocenters. The van der Waals surface area contributed by atoms with Gasteiger partial charge in [0.05, 0.1) is 6.42 Å². The van der Waals surface area contributed by atoms with E-state index in [1.165, 1.54) is 0 Å². The van der Waals surface area contributed by atoms with Crippen LogP contribution in [-0.2, 0) is 9.53 Å². The summed E-state index contributed by atoms with van der Waals surface area (Å²) in [7, 11) is 0. The lowest BCUT2D eigenvalue weighted by Crippen LogP contribution is -1.87. The highest BCUT2D eigenvalue weighted by molar-refractivity contribution is 5.73. The van der Waals surface area contributed by atoms with Gasteiger partial charge in [0.25, 0.3) is 0 Å². The van der Waals surface area contributed by atoms with Crippen LogP contribution in [0.15, 0.2) is 12.3 Å². The molecule has 0 amide bonds. The number of esters is 1. The molecule has 0 saturated carbocycles. The van der Waals surface area contributed by atoms with Gasteiger partial charge in [0, 0.05) is 6.42 Å². The minimum absolute atomic E-state index is 0.148. The van der Waals surface area contributed by atoms with Gasteiger partial charge in [-0.05, 0) is 0 Å². The third kappa shape index (κ3) is 0.796. The molecule has 0 aromatic rings. The van der Waals surface area contributed by atoms with E-state index in [4.69, 9.17) is 0 Å². The summed E-state index contributed by atoms with van der Waals surface area (Å²) in [6.45, 7) is 3.46. The van der Waals surface area contributed by atoms with Crippen molar-refractivity contribution in [1.82, 2.24) is 0 Å². The van der Waals surface area contributed by atoms with Crippen LogP contribution in [0.2, 0.25) is 0 Å². The molecule has 1 saturated heterocycles. The summed E-state index contributed by atoms with van der Waals surface area (Å²) in [4.78, 5) is 10.2. The molecular weight excluding hydrogens is 92.1 g/mol. The fourth-order valence-corrected chi connectivity index (χ4v) is 0.505. The summed E-state index contributed by atoms with van der Waals surface area (Å²) in [6.07, 6.45) is 1.22. The van der Waals surface area contributed by atoms with E-state index in [1.807, 2.05) is 0 Å². The number of hydrogen-bond donors (Lipinski definition) is 0. The van der Waals surface area contributed by atoms with E-state index in [-0.39, 0.29) is 5.97 Å². The topological polar surface area (TPSA) is 26.3 Å². The molecule has 2 heteroatoms. The van der Waals surface area contributed by atoms with Crippen molar-refractivity contribution in [3.8, 4) is 0 Å². The molecule has 0 spiro atoms. The van der Waals surface area contributed by atoms with Crippen molar-refractivity contribution < 1.29 is 9.53 Å². The van der Waals surface area contributed by atoms with Crippen molar-refractivity contribution in [2.75, 3.05) is 0 Å². The molecule has 0 aromatic heterocycles. The van der Waals surface area contributed by atoms with Crippen LogP contribution in [0.25, 0.3) is 0 Å². The Balaban J connectivity index is 2.55. The minimum Gasteiger partial charge on any atom is -0.432 e. The van der Waals surface area contributed by atoms with Gasteiger partial charge in [-0.1, -0.05) is 6.58 Å². The average Bonchev–Trinajstić information content (AvgIpc) is 1.87. The van der Waals surface area contributed by atoms with Gasteiger partial charge in [0.1, 0.15) is 5.76 Å². The highest BCUT2D eigenvalue weighted by atomic mass is 16.5. The number of ether oxygens (including phenoxy) is 1. The van der Waals surface area contributed by atoms with Crippen molar-refractivity contribution in [2.45, 2.75) is 12.8 Å². The lowest BCUT2D eigenvalue weighted by Gasteiger charge is -1.85. The molecule has 1 rings (SSSR count). The zero-order valence-corrected chi connectivity index (χ0v) is 3.94. The van der Waals surface area contributed by atoms with E-state index in [0.717, 1.165) is 0 Å². The Labute approximate surface area is 41.8 Å². The second-order valence-corrected chi connectivity index (χ2v) is 1.51. The largest absolute Gasteiger partial charge is 0.432 e. The van der Waals surface area contributed by atoms with Crippen molar-refractivity contribution in [2.24, 2.45) is 0 Å². The van der Waals surface area contributed by atoms with Gasteiger partial charge in [-0.3, -0.25) is 4.79 Å². The third-order valence-corrected chi connectivity index (χ3v) is 0.866. The van der Waals surface area contributed by atoms with E-state index in [1.54, 1.807) is 0 Å². The van der Waals surface area contributed by atoms with Crippen molar-refractivity contribution in [3.63, 3.8) is 0 Å². The van der Waals surface area contributed by atoms with Crippen LogP contribution in [0.4, 0.5) is 0 Å². The van der Waals surface area contributed by atoms with Gasteiger partial charge in [0.15, 0.2) is 0 Å². The molecule has 1 aliphatic heterocycles. The molecule has 0 aliphatic carbocycles. The third-order valence-electron chi connectivity index (χ3n) is 0.866. The first kappa shape index (κ1) is 4.37. The number of carbonyl (C=O) groups excluding carboxylic acids is 1. The molecule has 0 bridgehead atoms. The minimum atomic E-state index is -0.148. The Bertz CT molecular complexity index is 101. The maximum Gasteiger partial charge on any atom is 0.311 e. The number of cyclic esters (lactones) is 1. The second kappa shape index (κ2) is 1.37. The number of allylic oxidation sites excluding steroid dienone is 1. The van der Waals surface area contributed by atoms with Crippen molar-refractivity contribution >= 4 is 5.97 Å². The maximum absolute atomic E-state index is 10.2. The monoisotopic (exact) mass is 98.0 g/mol. The first-order chi connectivity index (χ1) is 3.29. The quantitative estimate of drug-likeness (QED) is 0.419. The zero-order chi connectivity index (χ0) is 5.28. The lowest BCUT2D eigenvalue weighted by atomic mass is 10.3. The Kier molecular flexibility index (Phi) is 0.855. The van der Waals surface area contributed by atoms with Crippen LogP contribution in [0.5, 0.6) is 0 Å². The summed E-state index contributed by atoms with van der Waals surface area (Å²) in [6, 6.07) is 0. The first-order valence-electron chi connectivity index (χ1n) is 2.17. The Morgan fingerprint density at radius 2 is 2.29 bits per heavy atom. The van der Waals surface area contributed by atoms with Crippen molar-refractivity contribution in [3.05, 3.63) is 12.3 Å². The predicted octanol–water partition coefficient (Wildman–Crippen LogP) is 0.837. The number of hydrogen-bond acceptors (Lipinski definition) is 2. The summed E-state index contributed by atoms with van der Waals surface area (Å²) in [5.41, 5.74) is 0. The Hall–Kier alpha value is -0.790. The fraction of sp³-hybridized carbons (Fsp3) is 0.400. The molecule has 0 radical (unpaired) electrons. The molecule has 7 heavy (non-hydrogen) atoms. The number of carbonyl (C=O) groups is 1. The van der Waals surface area contributed by atoms with Gasteiger partial charge < -0.3 is 4.74 Å². The van der Waals surface area contributed by atoms with Crippen LogP contribution in [-0.4, -0.2) is 5.97 Å². The van der Waals surface area contributed by atoms with Crippen LogP contribution in [0.3, 0.4) is 0 Å². The molecule has 0 aromatic carbocycles. The van der Waals surface area contributed by atoms with E-state index >= 15 is 0 Å². The van der Waals surface area contributed by atoms with Gasteiger partial charge >= 0.3 is 5.97 Å². The molecule has 0 N–H and O–H groups in total. The van der Waals surface area contributed by atoms with E-state index < -0.39 is 0 Å². The van der Waals surface area contributed by atoms with E-state index in [2.05, 4.69) is 11.3 Å². The molecule has 38 valence electrons. The van der Waals surface area contributed by atoms with E-state index in [0.29, 0.717) is 18.6 Å². The molecule has 2 nitrogen and oxygen atoms in total. The van der Waals surface area contributed by atoms with Crippen LogP contribution >= 0.6 is 0 Å². The molecule has 1 fully saturated rings. The van der Waals surface area contributed by atoms with Crippen molar-refractivity contribution in [1.29, 1.82) is 0 Å². The summed E-state index contributed by atoms with van der Waals surface area (Å²) in [5.74, 6) is 0.454.